The molecule has 26 heavy (non-hydrogen) atoms. The summed E-state index contributed by atoms with van der Waals surface area (Å²) in [7, 11) is 1.41. The zero-order valence-electron chi connectivity index (χ0n) is 13.4. The number of benzene rings is 1. The Balaban J connectivity index is 1.94. The minimum absolute atomic E-state index is 0.0185. The average molecular weight is 388 g/mol. The highest BCUT2D eigenvalue weighted by atomic mass is 35.5. The van der Waals surface area contributed by atoms with Crippen LogP contribution in [-0.4, -0.2) is 41.7 Å². The second-order valence-electron chi connectivity index (χ2n) is 5.12. The summed E-state index contributed by atoms with van der Waals surface area (Å²) < 4.78 is 40.0. The third-order valence-electron chi connectivity index (χ3n) is 3.09. The highest BCUT2D eigenvalue weighted by molar-refractivity contribution is 6.32. The zero-order chi connectivity index (χ0) is 19.3. The Morgan fingerprint density at radius 2 is 1.88 bits per heavy atom. The van der Waals surface area contributed by atoms with Gasteiger partial charge in [-0.3, -0.25) is 9.59 Å². The fraction of sp³-hybridized carbons (Fsp3) is 0.188. The number of pyridine rings is 1. The van der Waals surface area contributed by atoms with Crippen molar-refractivity contribution in [1.29, 1.82) is 0 Å². The first-order valence-corrected chi connectivity index (χ1v) is 7.55. The number of hydrogen-bond donors (Lipinski definition) is 1. The Bertz CT molecular complexity index is 797. The van der Waals surface area contributed by atoms with Gasteiger partial charge in [-0.25, -0.2) is 4.98 Å². The van der Waals surface area contributed by atoms with Crippen molar-refractivity contribution in [3.8, 4) is 5.75 Å². The molecule has 1 aromatic heterocycles. The van der Waals surface area contributed by atoms with E-state index in [1.165, 1.54) is 37.5 Å². The van der Waals surface area contributed by atoms with E-state index in [-0.39, 0.29) is 22.9 Å². The van der Waals surface area contributed by atoms with Gasteiger partial charge in [0.1, 0.15) is 10.9 Å². The van der Waals surface area contributed by atoms with E-state index < -0.39 is 23.9 Å². The molecule has 1 aromatic carbocycles. The molecule has 1 heterocycles. The van der Waals surface area contributed by atoms with Gasteiger partial charge in [-0.2, -0.15) is 0 Å². The third kappa shape index (κ3) is 5.62. The quantitative estimate of drug-likeness (QED) is 0.799. The van der Waals surface area contributed by atoms with Gasteiger partial charge in [0.2, 0.25) is 5.91 Å². The largest absolute Gasteiger partial charge is 0.573 e. The number of aromatic nitrogens is 1. The van der Waals surface area contributed by atoms with Crippen LogP contribution in [0.5, 0.6) is 5.75 Å². The molecule has 0 unspecified atom stereocenters. The van der Waals surface area contributed by atoms with Crippen molar-refractivity contribution in [3.63, 3.8) is 0 Å². The number of carbonyl (C=O) groups excluding carboxylic acids is 2. The van der Waals surface area contributed by atoms with Crippen LogP contribution in [0.4, 0.5) is 18.9 Å². The summed E-state index contributed by atoms with van der Waals surface area (Å²) in [5, 5.41) is 2.48. The molecule has 6 nitrogen and oxygen atoms in total. The molecule has 0 saturated heterocycles. The van der Waals surface area contributed by atoms with E-state index >= 15 is 0 Å². The maximum absolute atomic E-state index is 12.2. The highest BCUT2D eigenvalue weighted by Crippen LogP contribution is 2.24. The molecule has 10 heteroatoms. The second kappa shape index (κ2) is 8.05. The van der Waals surface area contributed by atoms with Crippen LogP contribution in [0.3, 0.4) is 0 Å². The number of alkyl halides is 3. The lowest BCUT2D eigenvalue weighted by molar-refractivity contribution is -0.274. The van der Waals surface area contributed by atoms with Gasteiger partial charge in [0.25, 0.3) is 5.91 Å². The first-order valence-electron chi connectivity index (χ1n) is 7.17. The van der Waals surface area contributed by atoms with Crippen LogP contribution in [0.25, 0.3) is 0 Å². The van der Waals surface area contributed by atoms with Crippen LogP contribution in [-0.2, 0) is 4.79 Å². The van der Waals surface area contributed by atoms with Gasteiger partial charge in [0, 0.05) is 18.9 Å². The summed E-state index contributed by atoms with van der Waals surface area (Å²) in [6, 6.07) is 7.64. The molecular weight excluding hydrogens is 375 g/mol. The molecule has 2 rings (SSSR count). The minimum atomic E-state index is -4.79. The number of hydrogen-bond acceptors (Lipinski definition) is 4. The fourth-order valence-corrected chi connectivity index (χ4v) is 2.18. The molecule has 0 aliphatic carbocycles. The number of ether oxygens (including phenoxy) is 1. The van der Waals surface area contributed by atoms with E-state index in [0.717, 1.165) is 17.0 Å². The smallest absolute Gasteiger partial charge is 0.406 e. The van der Waals surface area contributed by atoms with Crippen LogP contribution in [0.15, 0.2) is 42.6 Å². The molecule has 0 aliphatic rings. The number of nitrogens with one attached hydrogen (secondary N) is 1. The SMILES string of the molecule is CN(CC(=O)Nc1ccc(OC(F)(F)F)cc1)C(=O)c1cccnc1Cl. The Morgan fingerprint density at radius 3 is 2.46 bits per heavy atom. The molecule has 2 aromatic rings. The Hall–Kier alpha value is -2.81. The predicted octanol–water partition coefficient (Wildman–Crippen LogP) is 3.34. The lowest BCUT2D eigenvalue weighted by Crippen LogP contribution is -2.35. The third-order valence-corrected chi connectivity index (χ3v) is 3.39. The first-order chi connectivity index (χ1) is 12.2. The van der Waals surface area contributed by atoms with Crippen LogP contribution >= 0.6 is 11.6 Å². The summed E-state index contributed by atoms with van der Waals surface area (Å²) in [6.07, 6.45) is -3.36. The maximum Gasteiger partial charge on any atom is 0.573 e. The number of likely N-dealkylation sites (N-methyl/N-ethyl adjacent to an activating group) is 1. The number of carbonyl (C=O) groups is 2. The molecule has 138 valence electrons. The predicted molar refractivity (Wildman–Crippen MR) is 88.0 cm³/mol. The number of rotatable bonds is 5. The number of anilines is 1. The molecule has 2 amide bonds. The van der Waals surface area contributed by atoms with Crippen LogP contribution in [0.1, 0.15) is 10.4 Å². The fourth-order valence-electron chi connectivity index (χ4n) is 1.98. The Morgan fingerprint density at radius 1 is 1.23 bits per heavy atom. The molecule has 0 spiro atoms. The van der Waals surface area contributed by atoms with Gasteiger partial charge >= 0.3 is 6.36 Å². The monoisotopic (exact) mass is 387 g/mol. The van der Waals surface area contributed by atoms with Crippen LogP contribution in [0, 0.1) is 0 Å². The molecule has 0 bridgehead atoms. The van der Waals surface area contributed by atoms with Gasteiger partial charge in [-0.15, -0.1) is 13.2 Å². The maximum atomic E-state index is 12.2. The normalized spacial score (nSPS) is 11.0. The van der Waals surface area contributed by atoms with E-state index in [9.17, 15) is 22.8 Å². The standard InChI is InChI=1S/C16H13ClF3N3O3/c1-23(15(25)12-3-2-8-21-14(12)17)9-13(24)22-10-4-6-11(7-5-10)26-16(18,19)20/h2-8H,9H2,1H3,(H,22,24). The second-order valence-corrected chi connectivity index (χ2v) is 5.48. The average Bonchev–Trinajstić information content (AvgIpc) is 2.55. The van der Waals surface area contributed by atoms with Crippen molar-refractivity contribution >= 4 is 29.1 Å². The molecule has 0 fully saturated rings. The van der Waals surface area contributed by atoms with Crippen molar-refractivity contribution < 1.29 is 27.5 Å². The minimum Gasteiger partial charge on any atom is -0.406 e. The van der Waals surface area contributed by atoms with Gasteiger partial charge in [0.15, 0.2) is 0 Å². The van der Waals surface area contributed by atoms with Gasteiger partial charge < -0.3 is 15.0 Å². The molecular formula is C16H13ClF3N3O3. The van der Waals surface area contributed by atoms with E-state index in [2.05, 4.69) is 15.0 Å². The lowest BCUT2D eigenvalue weighted by atomic mass is 10.2. The summed E-state index contributed by atoms with van der Waals surface area (Å²) in [4.78, 5) is 29.1. The van der Waals surface area contributed by atoms with Crippen molar-refractivity contribution in [1.82, 2.24) is 9.88 Å². The highest BCUT2D eigenvalue weighted by Gasteiger charge is 2.31. The molecule has 0 aliphatic heterocycles. The first kappa shape index (κ1) is 19.5. The van der Waals surface area contributed by atoms with Gasteiger partial charge in [-0.05, 0) is 36.4 Å². The van der Waals surface area contributed by atoms with E-state index in [1.54, 1.807) is 0 Å². The van der Waals surface area contributed by atoms with E-state index in [4.69, 9.17) is 11.6 Å². The van der Waals surface area contributed by atoms with Gasteiger partial charge in [0.05, 0.1) is 12.1 Å². The number of halogens is 4. The summed E-state index contributed by atoms with van der Waals surface area (Å²) in [5.41, 5.74) is 0.405. The van der Waals surface area contributed by atoms with Crippen molar-refractivity contribution in [3.05, 3.63) is 53.3 Å². The summed E-state index contributed by atoms with van der Waals surface area (Å²) >= 11 is 5.84. The number of nitrogens with zero attached hydrogens (tertiary/aromatic N) is 2. The van der Waals surface area contributed by atoms with E-state index in [1.807, 2.05) is 0 Å². The molecule has 1 N–H and O–H groups in total. The van der Waals surface area contributed by atoms with Crippen LogP contribution < -0.4 is 10.1 Å². The topological polar surface area (TPSA) is 71.5 Å². The zero-order valence-corrected chi connectivity index (χ0v) is 14.1. The lowest BCUT2D eigenvalue weighted by Gasteiger charge is -2.17. The number of amides is 2. The summed E-state index contributed by atoms with van der Waals surface area (Å²) in [5.74, 6) is -1.44. The summed E-state index contributed by atoms with van der Waals surface area (Å²) in [6.45, 7) is -0.287. The molecule has 0 atom stereocenters. The Labute approximate surface area is 151 Å². The van der Waals surface area contributed by atoms with Gasteiger partial charge in [-0.1, -0.05) is 11.6 Å². The van der Waals surface area contributed by atoms with Crippen molar-refractivity contribution in [2.45, 2.75) is 6.36 Å². The molecule has 0 saturated carbocycles. The Kier molecular flexibility index (Phi) is 6.04. The van der Waals surface area contributed by atoms with Crippen LogP contribution in [0.2, 0.25) is 5.15 Å². The van der Waals surface area contributed by atoms with E-state index in [0.29, 0.717) is 0 Å². The van der Waals surface area contributed by atoms with Crippen molar-refractivity contribution in [2.75, 3.05) is 18.9 Å². The van der Waals surface area contributed by atoms with Crippen molar-refractivity contribution in [2.24, 2.45) is 0 Å². The molecule has 0 radical (unpaired) electrons.